The van der Waals surface area contributed by atoms with Crippen LogP contribution in [0.3, 0.4) is 0 Å². The number of benzene rings is 3. The number of aryl methyl sites for hydroxylation is 3. The van der Waals surface area contributed by atoms with Gasteiger partial charge in [0.1, 0.15) is 6.54 Å². The predicted molar refractivity (Wildman–Crippen MR) is 133 cm³/mol. The maximum Gasteiger partial charge on any atom is 0.338 e. The maximum absolute atomic E-state index is 13.5. The molecule has 1 amide bonds. The molecule has 8 heteroatoms. The molecule has 3 aromatic carbocycles. The summed E-state index contributed by atoms with van der Waals surface area (Å²) < 4.78 is 33.2. The van der Waals surface area contributed by atoms with Gasteiger partial charge in [0.25, 0.3) is 10.0 Å². The zero-order chi connectivity index (χ0) is 24.9. The Bertz CT molecular complexity index is 1300. The first-order chi connectivity index (χ1) is 16.1. The molecule has 0 saturated heterocycles. The smallest absolute Gasteiger partial charge is 0.338 e. The van der Waals surface area contributed by atoms with Crippen LogP contribution < -0.4 is 9.62 Å². The van der Waals surface area contributed by atoms with Crippen LogP contribution in [0.25, 0.3) is 0 Å². The minimum absolute atomic E-state index is 0.0960. The number of amides is 1. The zero-order valence-electron chi connectivity index (χ0n) is 19.7. The normalized spacial score (nSPS) is 11.1. The van der Waals surface area contributed by atoms with Gasteiger partial charge in [-0.3, -0.25) is 9.10 Å². The van der Waals surface area contributed by atoms with Crippen molar-refractivity contribution in [2.45, 2.75) is 32.6 Å². The number of hydrogen-bond acceptors (Lipinski definition) is 5. The van der Waals surface area contributed by atoms with E-state index in [1.807, 2.05) is 19.1 Å². The molecule has 0 aliphatic rings. The summed E-state index contributed by atoms with van der Waals surface area (Å²) in [7, 11) is -4.00. The number of nitrogens with zero attached hydrogens (tertiary/aromatic N) is 1. The van der Waals surface area contributed by atoms with Crippen LogP contribution in [0, 0.1) is 20.8 Å². The van der Waals surface area contributed by atoms with Gasteiger partial charge in [-0.05, 0) is 80.8 Å². The van der Waals surface area contributed by atoms with Gasteiger partial charge in [0, 0.05) is 5.69 Å². The van der Waals surface area contributed by atoms with Crippen molar-refractivity contribution in [2.24, 2.45) is 0 Å². The van der Waals surface area contributed by atoms with Gasteiger partial charge in [0.15, 0.2) is 0 Å². The van der Waals surface area contributed by atoms with E-state index in [1.54, 1.807) is 63.2 Å². The molecule has 0 heterocycles. The summed E-state index contributed by atoms with van der Waals surface area (Å²) in [6.45, 7) is 7.00. The zero-order valence-corrected chi connectivity index (χ0v) is 20.5. The molecule has 7 nitrogen and oxygen atoms in total. The van der Waals surface area contributed by atoms with Gasteiger partial charge in [-0.1, -0.05) is 30.3 Å². The van der Waals surface area contributed by atoms with E-state index >= 15 is 0 Å². The van der Waals surface area contributed by atoms with Crippen LogP contribution in [0.5, 0.6) is 0 Å². The average Bonchev–Trinajstić information content (AvgIpc) is 2.81. The molecular weight excluding hydrogens is 452 g/mol. The summed E-state index contributed by atoms with van der Waals surface area (Å²) in [6.07, 6.45) is 0. The van der Waals surface area contributed by atoms with Crippen molar-refractivity contribution in [2.75, 3.05) is 22.8 Å². The standard InChI is InChI=1S/C26H28N2O5S/c1-5-33-26(30)21-13-14-23(20(4)16-21)27-25(29)17-28(24-15-18(2)11-12-19(24)3)34(31,32)22-9-7-6-8-10-22/h6-16H,5,17H2,1-4H3,(H,27,29). The highest BCUT2D eigenvalue weighted by Gasteiger charge is 2.28. The maximum atomic E-state index is 13.5. The molecule has 0 saturated carbocycles. The van der Waals surface area contributed by atoms with Crippen molar-refractivity contribution in [1.29, 1.82) is 0 Å². The molecule has 178 valence electrons. The van der Waals surface area contributed by atoms with E-state index in [2.05, 4.69) is 5.32 Å². The first-order valence-corrected chi connectivity index (χ1v) is 12.3. The Hall–Kier alpha value is -3.65. The summed E-state index contributed by atoms with van der Waals surface area (Å²) in [5.74, 6) is -0.953. The van der Waals surface area contributed by atoms with Crippen LogP contribution in [0.4, 0.5) is 11.4 Å². The molecule has 34 heavy (non-hydrogen) atoms. The fraction of sp³-hybridized carbons (Fsp3) is 0.231. The molecule has 3 aromatic rings. The Morgan fingerprint density at radius 1 is 0.912 bits per heavy atom. The van der Waals surface area contributed by atoms with E-state index in [1.165, 1.54) is 12.1 Å². The lowest BCUT2D eigenvalue weighted by molar-refractivity contribution is -0.114. The van der Waals surface area contributed by atoms with Crippen LogP contribution in [-0.2, 0) is 19.6 Å². The van der Waals surface area contributed by atoms with Gasteiger partial charge >= 0.3 is 5.97 Å². The summed E-state index contributed by atoms with van der Waals surface area (Å²) in [4.78, 5) is 25.1. The van der Waals surface area contributed by atoms with Crippen molar-refractivity contribution >= 4 is 33.3 Å². The molecule has 0 fully saturated rings. The second-order valence-electron chi connectivity index (χ2n) is 7.91. The van der Waals surface area contributed by atoms with E-state index in [0.29, 0.717) is 22.5 Å². The fourth-order valence-corrected chi connectivity index (χ4v) is 4.97. The molecule has 0 bridgehead atoms. The Balaban J connectivity index is 1.92. The topological polar surface area (TPSA) is 92.8 Å². The minimum atomic E-state index is -4.00. The molecule has 0 atom stereocenters. The quantitative estimate of drug-likeness (QED) is 0.475. The molecule has 1 N–H and O–H groups in total. The summed E-state index contributed by atoms with van der Waals surface area (Å²) >= 11 is 0. The molecule has 0 unspecified atom stereocenters. The summed E-state index contributed by atoms with van der Waals surface area (Å²) in [5, 5.41) is 2.77. The average molecular weight is 481 g/mol. The highest BCUT2D eigenvalue weighted by molar-refractivity contribution is 7.92. The third kappa shape index (κ3) is 5.63. The number of hydrogen-bond donors (Lipinski definition) is 1. The molecular formula is C26H28N2O5S. The van der Waals surface area contributed by atoms with Gasteiger partial charge in [-0.2, -0.15) is 0 Å². The lowest BCUT2D eigenvalue weighted by Crippen LogP contribution is -2.38. The lowest BCUT2D eigenvalue weighted by atomic mass is 10.1. The summed E-state index contributed by atoms with van der Waals surface area (Å²) in [5.41, 5.74) is 3.56. The third-order valence-electron chi connectivity index (χ3n) is 5.26. The number of ether oxygens (including phenoxy) is 1. The second-order valence-corrected chi connectivity index (χ2v) is 9.78. The van der Waals surface area contributed by atoms with Gasteiger partial charge in [-0.25, -0.2) is 13.2 Å². The van der Waals surface area contributed by atoms with Gasteiger partial charge in [0.05, 0.1) is 22.8 Å². The van der Waals surface area contributed by atoms with Gasteiger partial charge in [0.2, 0.25) is 5.91 Å². The molecule has 0 aliphatic heterocycles. The van der Waals surface area contributed by atoms with Crippen LogP contribution in [-0.4, -0.2) is 33.4 Å². The highest BCUT2D eigenvalue weighted by atomic mass is 32.2. The van der Waals surface area contributed by atoms with Crippen LogP contribution in [0.1, 0.15) is 34.0 Å². The number of rotatable bonds is 8. The molecule has 0 aromatic heterocycles. The number of anilines is 2. The molecule has 0 spiro atoms. The number of esters is 1. The second kappa shape index (κ2) is 10.5. The van der Waals surface area contributed by atoms with Gasteiger partial charge in [-0.15, -0.1) is 0 Å². The molecule has 0 aliphatic carbocycles. The SMILES string of the molecule is CCOC(=O)c1ccc(NC(=O)CN(c2cc(C)ccc2C)S(=O)(=O)c2ccccc2)c(C)c1. The lowest BCUT2D eigenvalue weighted by Gasteiger charge is -2.26. The Morgan fingerprint density at radius 2 is 1.62 bits per heavy atom. The first-order valence-electron chi connectivity index (χ1n) is 10.9. The number of carbonyl (C=O) groups excluding carboxylic acids is 2. The fourth-order valence-electron chi connectivity index (χ4n) is 3.47. The predicted octanol–water partition coefficient (Wildman–Crippen LogP) is 4.62. The Morgan fingerprint density at radius 3 is 2.26 bits per heavy atom. The van der Waals surface area contributed by atoms with E-state index in [0.717, 1.165) is 15.4 Å². The first kappa shape index (κ1) is 25.0. The highest BCUT2D eigenvalue weighted by Crippen LogP contribution is 2.28. The van der Waals surface area contributed by atoms with Gasteiger partial charge < -0.3 is 10.1 Å². The van der Waals surface area contributed by atoms with Crippen LogP contribution in [0.15, 0.2) is 71.6 Å². The Kier molecular flexibility index (Phi) is 7.73. The third-order valence-corrected chi connectivity index (χ3v) is 7.04. The van der Waals surface area contributed by atoms with Crippen LogP contribution in [0.2, 0.25) is 0 Å². The van der Waals surface area contributed by atoms with E-state index in [4.69, 9.17) is 4.74 Å². The van der Waals surface area contributed by atoms with Crippen molar-refractivity contribution < 1.29 is 22.7 Å². The van der Waals surface area contributed by atoms with Crippen molar-refractivity contribution in [3.8, 4) is 0 Å². The largest absolute Gasteiger partial charge is 0.462 e. The number of nitrogens with one attached hydrogen (secondary N) is 1. The van der Waals surface area contributed by atoms with Crippen molar-refractivity contribution in [1.82, 2.24) is 0 Å². The Labute approximate surface area is 200 Å². The molecule has 3 rings (SSSR count). The van der Waals surface area contributed by atoms with Crippen LogP contribution >= 0.6 is 0 Å². The minimum Gasteiger partial charge on any atom is -0.462 e. The number of sulfonamides is 1. The summed E-state index contributed by atoms with van der Waals surface area (Å²) in [6, 6.07) is 18.3. The van der Waals surface area contributed by atoms with E-state index in [-0.39, 0.29) is 11.5 Å². The van der Waals surface area contributed by atoms with E-state index < -0.39 is 28.4 Å². The monoisotopic (exact) mass is 480 g/mol. The van der Waals surface area contributed by atoms with E-state index in [9.17, 15) is 18.0 Å². The molecule has 0 radical (unpaired) electrons. The van der Waals surface area contributed by atoms with Crippen molar-refractivity contribution in [3.05, 3.63) is 89.0 Å². The number of carbonyl (C=O) groups is 2. The van der Waals surface area contributed by atoms with Crippen molar-refractivity contribution in [3.63, 3.8) is 0 Å².